The Morgan fingerprint density at radius 1 is 0.950 bits per heavy atom. The molecule has 2 aromatic heterocycles. The van der Waals surface area contributed by atoms with E-state index in [0.29, 0.717) is 0 Å². The van der Waals surface area contributed by atoms with Crippen molar-refractivity contribution in [2.45, 2.75) is 13.0 Å². The standard InChI is InChI=1S/C17H17N3/c1-12-6-4-10-19-15(12)17(18-2)14-9-3-7-13-8-5-11-20-16(13)14/h3-11,17-18H,1-2H3. The SMILES string of the molecule is CNC(c1ncccc1C)c1cccc2cccnc12. The lowest BCUT2D eigenvalue weighted by Crippen LogP contribution is -2.20. The van der Waals surface area contributed by atoms with E-state index in [1.54, 1.807) is 0 Å². The first kappa shape index (κ1) is 12.8. The molecule has 0 aliphatic heterocycles. The van der Waals surface area contributed by atoms with E-state index < -0.39 is 0 Å². The quantitative estimate of drug-likeness (QED) is 0.788. The first-order chi connectivity index (χ1) is 9.81. The lowest BCUT2D eigenvalue weighted by molar-refractivity contribution is 0.669. The van der Waals surface area contributed by atoms with E-state index >= 15 is 0 Å². The van der Waals surface area contributed by atoms with Crippen LogP contribution in [-0.4, -0.2) is 17.0 Å². The average Bonchev–Trinajstić information content (AvgIpc) is 2.50. The summed E-state index contributed by atoms with van der Waals surface area (Å²) in [5, 5.41) is 4.52. The van der Waals surface area contributed by atoms with E-state index in [1.807, 2.05) is 31.6 Å². The van der Waals surface area contributed by atoms with Crippen LogP contribution in [0.1, 0.15) is 22.9 Å². The average molecular weight is 263 g/mol. The van der Waals surface area contributed by atoms with E-state index in [-0.39, 0.29) is 6.04 Å². The number of rotatable bonds is 3. The monoisotopic (exact) mass is 263 g/mol. The van der Waals surface area contributed by atoms with Crippen molar-refractivity contribution in [3.63, 3.8) is 0 Å². The van der Waals surface area contributed by atoms with Crippen LogP contribution in [0.5, 0.6) is 0 Å². The predicted octanol–water partition coefficient (Wildman–Crippen LogP) is 3.25. The summed E-state index contributed by atoms with van der Waals surface area (Å²) in [4.78, 5) is 9.08. The van der Waals surface area contributed by atoms with Gasteiger partial charge in [0.05, 0.1) is 17.3 Å². The van der Waals surface area contributed by atoms with Crippen molar-refractivity contribution in [2.24, 2.45) is 0 Å². The summed E-state index contributed by atoms with van der Waals surface area (Å²) >= 11 is 0. The molecule has 1 atom stereocenters. The fourth-order valence-electron chi connectivity index (χ4n) is 2.60. The molecule has 3 aromatic rings. The third-order valence-electron chi connectivity index (χ3n) is 3.59. The fourth-order valence-corrected chi connectivity index (χ4v) is 2.60. The van der Waals surface area contributed by atoms with Gasteiger partial charge in [-0.25, -0.2) is 0 Å². The van der Waals surface area contributed by atoms with Crippen molar-refractivity contribution >= 4 is 10.9 Å². The van der Waals surface area contributed by atoms with Gasteiger partial charge in [0, 0.05) is 23.3 Å². The van der Waals surface area contributed by atoms with Gasteiger partial charge in [-0.15, -0.1) is 0 Å². The van der Waals surface area contributed by atoms with Gasteiger partial charge in [0.25, 0.3) is 0 Å². The Kier molecular flexibility index (Phi) is 3.44. The molecule has 0 saturated carbocycles. The molecular formula is C17H17N3. The Morgan fingerprint density at radius 3 is 2.50 bits per heavy atom. The molecule has 1 aromatic carbocycles. The van der Waals surface area contributed by atoms with Crippen LogP contribution in [0, 0.1) is 6.92 Å². The number of nitrogens with zero attached hydrogens (tertiary/aromatic N) is 2. The first-order valence-corrected chi connectivity index (χ1v) is 6.73. The topological polar surface area (TPSA) is 37.8 Å². The first-order valence-electron chi connectivity index (χ1n) is 6.73. The van der Waals surface area contributed by atoms with Crippen LogP contribution in [0.25, 0.3) is 10.9 Å². The molecular weight excluding hydrogens is 246 g/mol. The van der Waals surface area contributed by atoms with Gasteiger partial charge in [-0.3, -0.25) is 9.97 Å². The number of hydrogen-bond donors (Lipinski definition) is 1. The van der Waals surface area contributed by atoms with Gasteiger partial charge in [-0.05, 0) is 31.7 Å². The van der Waals surface area contributed by atoms with E-state index in [9.17, 15) is 0 Å². The second-order valence-electron chi connectivity index (χ2n) is 4.85. The second-order valence-corrected chi connectivity index (χ2v) is 4.85. The summed E-state index contributed by atoms with van der Waals surface area (Å²) < 4.78 is 0. The summed E-state index contributed by atoms with van der Waals surface area (Å²) in [6, 6.07) is 14.4. The predicted molar refractivity (Wildman–Crippen MR) is 81.6 cm³/mol. The summed E-state index contributed by atoms with van der Waals surface area (Å²) in [7, 11) is 1.96. The minimum atomic E-state index is 0.0507. The Morgan fingerprint density at radius 2 is 1.70 bits per heavy atom. The van der Waals surface area contributed by atoms with Crippen molar-refractivity contribution < 1.29 is 0 Å². The number of fused-ring (bicyclic) bond motifs is 1. The molecule has 0 aliphatic carbocycles. The van der Waals surface area contributed by atoms with Gasteiger partial charge in [0.1, 0.15) is 0 Å². The number of hydrogen-bond acceptors (Lipinski definition) is 3. The number of benzene rings is 1. The van der Waals surface area contributed by atoms with Gasteiger partial charge in [0.2, 0.25) is 0 Å². The molecule has 3 heteroatoms. The molecule has 0 bridgehead atoms. The fraction of sp³-hybridized carbons (Fsp3) is 0.176. The third-order valence-corrected chi connectivity index (χ3v) is 3.59. The van der Waals surface area contributed by atoms with Crippen LogP contribution in [0.15, 0.2) is 54.9 Å². The molecule has 2 heterocycles. The van der Waals surface area contributed by atoms with Gasteiger partial charge in [0.15, 0.2) is 0 Å². The summed E-state index contributed by atoms with van der Waals surface area (Å²) in [6.45, 7) is 2.09. The van der Waals surface area contributed by atoms with E-state index in [4.69, 9.17) is 0 Å². The number of aryl methyl sites for hydroxylation is 1. The summed E-state index contributed by atoms with van der Waals surface area (Å²) in [6.07, 6.45) is 3.68. The molecule has 0 fully saturated rings. The van der Waals surface area contributed by atoms with Gasteiger partial charge < -0.3 is 5.32 Å². The van der Waals surface area contributed by atoms with E-state index in [1.165, 1.54) is 5.56 Å². The molecule has 20 heavy (non-hydrogen) atoms. The number of aromatic nitrogens is 2. The van der Waals surface area contributed by atoms with Crippen LogP contribution in [0.3, 0.4) is 0 Å². The molecule has 0 amide bonds. The maximum absolute atomic E-state index is 4.54. The molecule has 3 rings (SSSR count). The van der Waals surface area contributed by atoms with Gasteiger partial charge in [-0.1, -0.05) is 30.3 Å². The lowest BCUT2D eigenvalue weighted by Gasteiger charge is -2.19. The van der Waals surface area contributed by atoms with Crippen LogP contribution < -0.4 is 5.32 Å². The molecule has 1 N–H and O–H groups in total. The van der Waals surface area contributed by atoms with Crippen molar-refractivity contribution in [3.8, 4) is 0 Å². The van der Waals surface area contributed by atoms with Crippen LogP contribution in [-0.2, 0) is 0 Å². The highest BCUT2D eigenvalue weighted by Crippen LogP contribution is 2.27. The normalized spacial score (nSPS) is 12.5. The molecule has 1 unspecified atom stereocenters. The zero-order valence-corrected chi connectivity index (χ0v) is 11.7. The molecule has 0 aliphatic rings. The zero-order chi connectivity index (χ0) is 13.9. The number of nitrogens with one attached hydrogen (secondary N) is 1. The van der Waals surface area contributed by atoms with Crippen molar-refractivity contribution in [1.82, 2.24) is 15.3 Å². The Bertz CT molecular complexity index is 732. The van der Waals surface area contributed by atoms with Gasteiger partial charge in [-0.2, -0.15) is 0 Å². The largest absolute Gasteiger partial charge is 0.308 e. The summed E-state index contributed by atoms with van der Waals surface area (Å²) in [5.41, 5.74) is 4.42. The van der Waals surface area contributed by atoms with Crippen molar-refractivity contribution in [3.05, 3.63) is 71.7 Å². The summed E-state index contributed by atoms with van der Waals surface area (Å²) in [5.74, 6) is 0. The van der Waals surface area contributed by atoms with Crippen LogP contribution >= 0.6 is 0 Å². The maximum Gasteiger partial charge on any atom is 0.0772 e. The number of pyridine rings is 2. The maximum atomic E-state index is 4.54. The molecule has 0 radical (unpaired) electrons. The molecule has 0 spiro atoms. The van der Waals surface area contributed by atoms with Crippen LogP contribution in [0.4, 0.5) is 0 Å². The molecule has 0 saturated heterocycles. The third kappa shape index (κ3) is 2.17. The molecule has 3 nitrogen and oxygen atoms in total. The number of para-hydroxylation sites is 1. The minimum absolute atomic E-state index is 0.0507. The Hall–Kier alpha value is -2.26. The minimum Gasteiger partial charge on any atom is -0.308 e. The molecule has 100 valence electrons. The highest BCUT2D eigenvalue weighted by Gasteiger charge is 2.18. The Balaban J connectivity index is 2.20. The van der Waals surface area contributed by atoms with Crippen molar-refractivity contribution in [2.75, 3.05) is 7.05 Å². The second kappa shape index (κ2) is 5.39. The van der Waals surface area contributed by atoms with Gasteiger partial charge >= 0.3 is 0 Å². The van der Waals surface area contributed by atoms with E-state index in [2.05, 4.69) is 52.5 Å². The van der Waals surface area contributed by atoms with Crippen LogP contribution in [0.2, 0.25) is 0 Å². The van der Waals surface area contributed by atoms with E-state index in [0.717, 1.165) is 22.2 Å². The zero-order valence-electron chi connectivity index (χ0n) is 11.7. The lowest BCUT2D eigenvalue weighted by atomic mass is 9.97. The highest BCUT2D eigenvalue weighted by molar-refractivity contribution is 5.82. The Labute approximate surface area is 118 Å². The highest BCUT2D eigenvalue weighted by atomic mass is 14.9. The van der Waals surface area contributed by atoms with Crippen molar-refractivity contribution in [1.29, 1.82) is 0 Å². The smallest absolute Gasteiger partial charge is 0.0772 e.